The number of pyridine rings is 1. The highest BCUT2D eigenvalue weighted by molar-refractivity contribution is 6.43. The summed E-state index contributed by atoms with van der Waals surface area (Å²) in [7, 11) is 0. The Hall–Kier alpha value is -2.49. The largest absolute Gasteiger partial charge is 0.444 e. The molecular formula is C25H30Cl2N4O2. The van der Waals surface area contributed by atoms with Crippen molar-refractivity contribution in [2.24, 2.45) is 5.41 Å². The van der Waals surface area contributed by atoms with Crippen LogP contribution in [0.25, 0.3) is 11.1 Å². The van der Waals surface area contributed by atoms with Crippen molar-refractivity contribution in [2.75, 3.05) is 24.5 Å². The third-order valence-corrected chi connectivity index (χ3v) is 6.70. The van der Waals surface area contributed by atoms with Crippen LogP contribution in [0.5, 0.6) is 0 Å². The number of alkyl carbamates (subject to hydrolysis) is 1. The normalized spacial score (nSPS) is 15.6. The summed E-state index contributed by atoms with van der Waals surface area (Å²) < 4.78 is 5.35. The van der Waals surface area contributed by atoms with Gasteiger partial charge in [-0.3, -0.25) is 0 Å². The summed E-state index contributed by atoms with van der Waals surface area (Å²) in [6.45, 7) is 11.7. The summed E-state index contributed by atoms with van der Waals surface area (Å²) in [5.41, 5.74) is 2.11. The van der Waals surface area contributed by atoms with Gasteiger partial charge in [-0.05, 0) is 58.1 Å². The Balaban J connectivity index is 1.73. The lowest BCUT2D eigenvalue weighted by Crippen LogP contribution is -2.46. The number of benzene rings is 1. The molecule has 8 heteroatoms. The van der Waals surface area contributed by atoms with Crippen LogP contribution in [0.4, 0.5) is 10.6 Å². The Morgan fingerprint density at radius 1 is 1.30 bits per heavy atom. The van der Waals surface area contributed by atoms with Crippen LogP contribution < -0.4 is 10.2 Å². The molecule has 0 radical (unpaired) electrons. The fourth-order valence-electron chi connectivity index (χ4n) is 4.00. The van der Waals surface area contributed by atoms with Gasteiger partial charge in [-0.25, -0.2) is 9.78 Å². The molecule has 0 spiro atoms. The second kappa shape index (κ2) is 9.79. The zero-order chi connectivity index (χ0) is 24.4. The van der Waals surface area contributed by atoms with Gasteiger partial charge in [0, 0.05) is 36.5 Å². The number of carbonyl (C=O) groups excluding carboxylic acids is 1. The fourth-order valence-corrected chi connectivity index (χ4v) is 4.39. The highest BCUT2D eigenvalue weighted by Gasteiger charge is 2.32. The number of nitrogens with one attached hydrogen (secondary N) is 1. The molecule has 6 nitrogen and oxygen atoms in total. The van der Waals surface area contributed by atoms with E-state index in [1.165, 1.54) is 0 Å². The van der Waals surface area contributed by atoms with Crippen molar-refractivity contribution < 1.29 is 9.53 Å². The van der Waals surface area contributed by atoms with Crippen LogP contribution in [-0.4, -0.2) is 36.3 Å². The molecule has 33 heavy (non-hydrogen) atoms. The van der Waals surface area contributed by atoms with Crippen molar-refractivity contribution in [1.82, 2.24) is 10.3 Å². The lowest BCUT2D eigenvalue weighted by atomic mass is 9.80. The molecule has 0 saturated carbocycles. The third kappa shape index (κ3) is 6.10. The smallest absolute Gasteiger partial charge is 0.407 e. The summed E-state index contributed by atoms with van der Waals surface area (Å²) >= 11 is 12.6. The molecule has 1 aromatic carbocycles. The quantitative estimate of drug-likeness (QED) is 0.540. The Morgan fingerprint density at radius 2 is 1.97 bits per heavy atom. The van der Waals surface area contributed by atoms with Crippen molar-refractivity contribution in [3.05, 3.63) is 45.6 Å². The maximum absolute atomic E-state index is 12.0. The van der Waals surface area contributed by atoms with Crippen molar-refractivity contribution in [2.45, 2.75) is 53.1 Å². The molecule has 1 aliphatic heterocycles. The maximum Gasteiger partial charge on any atom is 0.407 e. The van der Waals surface area contributed by atoms with Gasteiger partial charge in [0.1, 0.15) is 11.4 Å². The number of nitrogens with zero attached hydrogens (tertiary/aromatic N) is 3. The highest BCUT2D eigenvalue weighted by atomic mass is 35.5. The molecule has 1 aliphatic rings. The number of hydrogen-bond donors (Lipinski definition) is 1. The summed E-state index contributed by atoms with van der Waals surface area (Å²) in [5, 5.41) is 13.6. The molecule has 1 fully saturated rings. The first-order chi connectivity index (χ1) is 15.4. The Labute approximate surface area is 205 Å². The molecular weight excluding hydrogens is 459 g/mol. The van der Waals surface area contributed by atoms with E-state index >= 15 is 0 Å². The van der Waals surface area contributed by atoms with Gasteiger partial charge in [0.15, 0.2) is 0 Å². The number of anilines is 1. The van der Waals surface area contributed by atoms with Crippen molar-refractivity contribution in [3.63, 3.8) is 0 Å². The van der Waals surface area contributed by atoms with Crippen LogP contribution in [0, 0.1) is 23.7 Å². The van der Waals surface area contributed by atoms with Crippen LogP contribution in [-0.2, 0) is 4.74 Å². The zero-order valence-electron chi connectivity index (χ0n) is 19.8. The molecule has 1 amide bonds. The monoisotopic (exact) mass is 488 g/mol. The van der Waals surface area contributed by atoms with E-state index in [0.717, 1.165) is 37.4 Å². The van der Waals surface area contributed by atoms with Crippen LogP contribution in [0.1, 0.15) is 51.8 Å². The van der Waals surface area contributed by atoms with Crippen molar-refractivity contribution >= 4 is 35.1 Å². The van der Waals surface area contributed by atoms with E-state index in [9.17, 15) is 10.1 Å². The lowest BCUT2D eigenvalue weighted by Gasteiger charge is -2.40. The molecule has 0 atom stereocenters. The van der Waals surface area contributed by atoms with E-state index in [1.54, 1.807) is 6.07 Å². The third-order valence-electron chi connectivity index (χ3n) is 5.88. The minimum absolute atomic E-state index is 0.0330. The lowest BCUT2D eigenvalue weighted by molar-refractivity contribution is 0.0495. The molecule has 2 aromatic rings. The summed E-state index contributed by atoms with van der Waals surface area (Å²) in [6.07, 6.45) is 1.37. The summed E-state index contributed by atoms with van der Waals surface area (Å²) in [6, 6.07) is 9.50. The van der Waals surface area contributed by atoms with Crippen LogP contribution >= 0.6 is 23.2 Å². The topological polar surface area (TPSA) is 78.2 Å². The first-order valence-corrected chi connectivity index (χ1v) is 11.8. The van der Waals surface area contributed by atoms with E-state index in [2.05, 4.69) is 23.2 Å². The predicted molar refractivity (Wildman–Crippen MR) is 133 cm³/mol. The molecule has 2 heterocycles. The van der Waals surface area contributed by atoms with Crippen molar-refractivity contribution in [3.8, 4) is 17.2 Å². The molecule has 0 unspecified atom stereocenters. The average Bonchev–Trinajstić information content (AvgIpc) is 2.73. The van der Waals surface area contributed by atoms with Gasteiger partial charge >= 0.3 is 6.09 Å². The van der Waals surface area contributed by atoms with E-state index in [4.69, 9.17) is 32.9 Å². The van der Waals surface area contributed by atoms with Gasteiger partial charge in [0.25, 0.3) is 0 Å². The zero-order valence-corrected chi connectivity index (χ0v) is 21.3. The SMILES string of the molecule is Cc1nc(N2CCC(C)(CNC(=O)OC(C)(C)C)CC2)cc(C#N)c1-c1cccc(Cl)c1Cl. The number of nitriles is 1. The molecule has 1 aromatic heterocycles. The van der Waals surface area contributed by atoms with Gasteiger partial charge in [-0.1, -0.05) is 42.3 Å². The molecule has 3 rings (SSSR count). The molecule has 0 bridgehead atoms. The standard InChI is InChI=1S/C25H30Cl2N4O2/c1-16-21(18-7-6-8-19(26)22(18)27)17(14-28)13-20(30-16)31-11-9-25(5,10-12-31)15-29-23(32)33-24(2,3)4/h6-8,13H,9-12,15H2,1-5H3,(H,29,32). The first kappa shape index (κ1) is 25.1. The van der Waals surface area contributed by atoms with E-state index in [-0.39, 0.29) is 5.41 Å². The highest BCUT2D eigenvalue weighted by Crippen LogP contribution is 2.38. The van der Waals surface area contributed by atoms with E-state index in [0.29, 0.717) is 33.3 Å². The van der Waals surface area contributed by atoms with E-state index in [1.807, 2.05) is 45.9 Å². The maximum atomic E-state index is 12.0. The number of rotatable bonds is 4. The first-order valence-electron chi connectivity index (χ1n) is 11.0. The molecule has 0 aliphatic carbocycles. The molecule has 1 N–H and O–H groups in total. The fraction of sp³-hybridized carbons (Fsp3) is 0.480. The minimum atomic E-state index is -0.516. The minimum Gasteiger partial charge on any atom is -0.444 e. The van der Waals surface area contributed by atoms with E-state index < -0.39 is 11.7 Å². The Kier molecular flexibility index (Phi) is 7.45. The summed E-state index contributed by atoms with van der Waals surface area (Å²) in [5.74, 6) is 0.771. The van der Waals surface area contributed by atoms with Crippen molar-refractivity contribution in [1.29, 1.82) is 5.26 Å². The second-order valence-corrected chi connectivity index (χ2v) is 10.6. The number of aryl methyl sites for hydroxylation is 1. The van der Waals surface area contributed by atoms with Crippen LogP contribution in [0.2, 0.25) is 10.0 Å². The Bertz CT molecular complexity index is 1080. The van der Waals surface area contributed by atoms with Gasteiger partial charge in [0.2, 0.25) is 0 Å². The number of carbonyl (C=O) groups is 1. The number of hydrogen-bond acceptors (Lipinski definition) is 5. The number of piperidine rings is 1. The number of ether oxygens (including phenoxy) is 1. The second-order valence-electron chi connectivity index (χ2n) is 9.85. The number of halogens is 2. The average molecular weight is 489 g/mol. The Morgan fingerprint density at radius 3 is 2.58 bits per heavy atom. The van der Waals surface area contributed by atoms with Gasteiger partial charge in [0.05, 0.1) is 21.7 Å². The van der Waals surface area contributed by atoms with Gasteiger partial charge < -0.3 is 15.0 Å². The molecule has 176 valence electrons. The van der Waals surface area contributed by atoms with Gasteiger partial charge in [-0.15, -0.1) is 0 Å². The van der Waals surface area contributed by atoms with Crippen LogP contribution in [0.15, 0.2) is 24.3 Å². The number of amides is 1. The predicted octanol–water partition coefficient (Wildman–Crippen LogP) is 6.37. The van der Waals surface area contributed by atoms with Gasteiger partial charge in [-0.2, -0.15) is 5.26 Å². The van der Waals surface area contributed by atoms with Crippen LogP contribution in [0.3, 0.4) is 0 Å². The molecule has 1 saturated heterocycles. The summed E-state index contributed by atoms with van der Waals surface area (Å²) in [4.78, 5) is 19.0. The number of aromatic nitrogens is 1.